The number of alkyl halides is 3. The van der Waals surface area contributed by atoms with Crippen LogP contribution in [-0.2, 0) is 9.53 Å². The van der Waals surface area contributed by atoms with Crippen LogP contribution in [0, 0.1) is 12.7 Å². The quantitative estimate of drug-likeness (QED) is 0.614. The van der Waals surface area contributed by atoms with Crippen LogP contribution in [0.2, 0.25) is 0 Å². The Morgan fingerprint density at radius 1 is 1.37 bits per heavy atom. The summed E-state index contributed by atoms with van der Waals surface area (Å²) in [4.78, 5) is 11.2. The van der Waals surface area contributed by atoms with Crippen molar-refractivity contribution in [2.24, 2.45) is 0 Å². The smallest absolute Gasteiger partial charge is 0.442 e. The summed E-state index contributed by atoms with van der Waals surface area (Å²) in [6.45, 7) is 1.54. The van der Waals surface area contributed by atoms with Gasteiger partial charge < -0.3 is 4.74 Å². The highest BCUT2D eigenvalue weighted by Crippen LogP contribution is 2.45. The molecular weight excluding hydrogens is 284 g/mol. The Labute approximate surface area is 111 Å². The lowest BCUT2D eigenvalue weighted by molar-refractivity contribution is -0.141. The maximum Gasteiger partial charge on any atom is 0.442 e. The number of rotatable bonds is 2. The number of esters is 1. The molecule has 0 aromatic heterocycles. The maximum absolute atomic E-state index is 13.4. The van der Waals surface area contributed by atoms with E-state index in [-0.39, 0.29) is 23.7 Å². The van der Waals surface area contributed by atoms with E-state index >= 15 is 0 Å². The molecule has 1 aliphatic heterocycles. The van der Waals surface area contributed by atoms with Gasteiger partial charge in [-0.25, -0.2) is 4.39 Å². The van der Waals surface area contributed by atoms with Gasteiger partial charge in [0.15, 0.2) is 0 Å². The predicted octanol–water partition coefficient (Wildman–Crippen LogP) is 3.74. The number of benzene rings is 1. The second kappa shape index (κ2) is 5.03. The fourth-order valence-corrected chi connectivity index (χ4v) is 2.78. The maximum atomic E-state index is 13.4. The van der Waals surface area contributed by atoms with Gasteiger partial charge in [-0.2, -0.15) is 13.2 Å². The van der Waals surface area contributed by atoms with Crippen molar-refractivity contribution in [3.8, 4) is 0 Å². The van der Waals surface area contributed by atoms with Gasteiger partial charge in [-0.1, -0.05) is 12.1 Å². The second-order valence-corrected chi connectivity index (χ2v) is 5.53. The summed E-state index contributed by atoms with van der Waals surface area (Å²) in [5.41, 5.74) is -3.83. The van der Waals surface area contributed by atoms with Crippen LogP contribution in [0.4, 0.5) is 17.6 Å². The van der Waals surface area contributed by atoms with Crippen molar-refractivity contribution in [2.45, 2.75) is 30.2 Å². The normalized spacial score (nSPS) is 23.5. The minimum atomic E-state index is -4.46. The van der Waals surface area contributed by atoms with Gasteiger partial charge in [0, 0.05) is 0 Å². The number of thioether (sulfide) groups is 1. The standard InChI is InChI=1S/C12H10F4O2S/c1-6-2-3-7(4-8(6)13)11-9(5-10(17)18-11)19-12(14,15)16/h2-4,9,11H,5H2,1H3/t9-,11+/m0/s1. The van der Waals surface area contributed by atoms with E-state index in [1.54, 1.807) is 6.92 Å². The van der Waals surface area contributed by atoms with Gasteiger partial charge in [0.1, 0.15) is 11.9 Å². The van der Waals surface area contributed by atoms with Gasteiger partial charge in [-0.15, -0.1) is 0 Å². The molecule has 0 aliphatic carbocycles. The minimum Gasteiger partial charge on any atom is -0.456 e. The Balaban J connectivity index is 2.25. The summed E-state index contributed by atoms with van der Waals surface area (Å²) in [6, 6.07) is 4.04. The molecule has 2 nitrogen and oxygen atoms in total. The molecule has 0 unspecified atom stereocenters. The zero-order valence-electron chi connectivity index (χ0n) is 9.83. The second-order valence-electron chi connectivity index (χ2n) is 4.23. The molecule has 1 aromatic carbocycles. The highest BCUT2D eigenvalue weighted by Gasteiger charge is 2.44. The van der Waals surface area contributed by atoms with Gasteiger partial charge in [-0.05, 0) is 35.9 Å². The van der Waals surface area contributed by atoms with Gasteiger partial charge in [0.25, 0.3) is 0 Å². The minimum absolute atomic E-state index is 0.246. The van der Waals surface area contributed by atoms with Crippen molar-refractivity contribution in [3.05, 3.63) is 35.1 Å². The Morgan fingerprint density at radius 3 is 2.63 bits per heavy atom. The number of carbonyl (C=O) groups is 1. The van der Waals surface area contributed by atoms with E-state index < -0.39 is 28.6 Å². The monoisotopic (exact) mass is 294 g/mol. The molecule has 1 aromatic rings. The topological polar surface area (TPSA) is 26.3 Å². The number of ether oxygens (including phenoxy) is 1. The Morgan fingerprint density at radius 2 is 2.05 bits per heavy atom. The molecule has 0 bridgehead atoms. The van der Waals surface area contributed by atoms with Crippen molar-refractivity contribution in [2.75, 3.05) is 0 Å². The van der Waals surface area contributed by atoms with E-state index in [4.69, 9.17) is 4.74 Å². The predicted molar refractivity (Wildman–Crippen MR) is 62.0 cm³/mol. The molecule has 19 heavy (non-hydrogen) atoms. The fraction of sp³-hybridized carbons (Fsp3) is 0.417. The van der Waals surface area contributed by atoms with Crippen molar-refractivity contribution >= 4 is 17.7 Å². The molecule has 2 atom stereocenters. The van der Waals surface area contributed by atoms with E-state index in [0.717, 1.165) is 6.07 Å². The van der Waals surface area contributed by atoms with Crippen LogP contribution >= 0.6 is 11.8 Å². The number of hydrogen-bond donors (Lipinski definition) is 0. The molecule has 0 N–H and O–H groups in total. The first-order chi connectivity index (χ1) is 8.76. The molecule has 7 heteroatoms. The average molecular weight is 294 g/mol. The third-order valence-electron chi connectivity index (χ3n) is 2.77. The van der Waals surface area contributed by atoms with Gasteiger partial charge in [0.2, 0.25) is 0 Å². The van der Waals surface area contributed by atoms with E-state index in [9.17, 15) is 22.4 Å². The summed E-state index contributed by atoms with van der Waals surface area (Å²) in [5.74, 6) is -1.23. The van der Waals surface area contributed by atoms with Crippen molar-refractivity contribution in [3.63, 3.8) is 0 Å². The summed E-state index contributed by atoms with van der Waals surface area (Å²) >= 11 is -0.287. The number of carbonyl (C=O) groups excluding carboxylic acids is 1. The van der Waals surface area contributed by atoms with Gasteiger partial charge >= 0.3 is 11.5 Å². The van der Waals surface area contributed by atoms with E-state index in [2.05, 4.69) is 0 Å². The molecule has 2 rings (SSSR count). The first-order valence-corrected chi connectivity index (χ1v) is 6.34. The summed E-state index contributed by atoms with van der Waals surface area (Å²) in [6.07, 6.45) is -1.39. The first-order valence-electron chi connectivity index (χ1n) is 5.46. The van der Waals surface area contributed by atoms with Crippen LogP contribution in [0.3, 0.4) is 0 Å². The highest BCUT2D eigenvalue weighted by atomic mass is 32.2. The molecule has 1 saturated heterocycles. The lowest BCUT2D eigenvalue weighted by Crippen LogP contribution is -2.16. The Bertz CT molecular complexity index is 501. The Kier molecular flexibility index (Phi) is 3.75. The van der Waals surface area contributed by atoms with Crippen molar-refractivity contribution in [1.82, 2.24) is 0 Å². The van der Waals surface area contributed by atoms with Crippen molar-refractivity contribution in [1.29, 1.82) is 0 Å². The molecule has 0 radical (unpaired) electrons. The van der Waals surface area contributed by atoms with Crippen LogP contribution in [0.15, 0.2) is 18.2 Å². The third-order valence-corrected chi connectivity index (χ3v) is 3.76. The SMILES string of the molecule is Cc1ccc([C@H]2OC(=O)C[C@@H]2SC(F)(F)F)cc1F. The summed E-state index contributed by atoms with van der Waals surface area (Å²) in [7, 11) is 0. The van der Waals surface area contributed by atoms with Crippen molar-refractivity contribution < 1.29 is 27.1 Å². The molecule has 0 saturated carbocycles. The molecule has 1 fully saturated rings. The van der Waals surface area contributed by atoms with E-state index in [0.29, 0.717) is 5.56 Å². The zero-order chi connectivity index (χ0) is 14.2. The number of cyclic esters (lactones) is 1. The molecular formula is C12H10F4O2S. The van der Waals surface area contributed by atoms with Gasteiger partial charge in [0.05, 0.1) is 11.7 Å². The van der Waals surface area contributed by atoms with Crippen LogP contribution in [-0.4, -0.2) is 16.7 Å². The fourth-order valence-electron chi connectivity index (χ4n) is 1.88. The largest absolute Gasteiger partial charge is 0.456 e. The molecule has 0 spiro atoms. The van der Waals surface area contributed by atoms with E-state index in [1.807, 2.05) is 0 Å². The van der Waals surface area contributed by atoms with Crippen LogP contribution in [0.25, 0.3) is 0 Å². The van der Waals surface area contributed by atoms with Crippen LogP contribution < -0.4 is 0 Å². The zero-order valence-corrected chi connectivity index (χ0v) is 10.6. The van der Waals surface area contributed by atoms with Crippen LogP contribution in [0.1, 0.15) is 23.7 Å². The summed E-state index contributed by atoms with van der Waals surface area (Å²) < 4.78 is 55.5. The van der Waals surface area contributed by atoms with Crippen LogP contribution in [0.5, 0.6) is 0 Å². The third kappa shape index (κ3) is 3.40. The molecule has 1 aliphatic rings. The lowest BCUT2D eigenvalue weighted by atomic mass is 10.0. The molecule has 1 heterocycles. The highest BCUT2D eigenvalue weighted by molar-refractivity contribution is 8.00. The average Bonchev–Trinajstić information content (AvgIpc) is 2.61. The Hall–Kier alpha value is -1.24. The number of aryl methyl sites for hydroxylation is 1. The lowest BCUT2D eigenvalue weighted by Gasteiger charge is -2.18. The first kappa shape index (κ1) is 14.2. The number of hydrogen-bond acceptors (Lipinski definition) is 3. The molecule has 0 amide bonds. The van der Waals surface area contributed by atoms with E-state index in [1.165, 1.54) is 12.1 Å². The summed E-state index contributed by atoms with van der Waals surface area (Å²) in [5, 5.41) is -1.07. The number of halogens is 4. The van der Waals surface area contributed by atoms with Gasteiger partial charge in [-0.3, -0.25) is 4.79 Å². The molecule has 104 valence electrons.